The van der Waals surface area contributed by atoms with E-state index in [-0.39, 0.29) is 0 Å². The van der Waals surface area contributed by atoms with Crippen LogP contribution in [0.15, 0.2) is 0 Å². The van der Waals surface area contributed by atoms with Crippen LogP contribution >= 0.6 is 0 Å². The summed E-state index contributed by atoms with van der Waals surface area (Å²) in [5.41, 5.74) is 7.03. The van der Waals surface area contributed by atoms with Crippen LogP contribution in [-0.2, 0) is 0 Å². The van der Waals surface area contributed by atoms with Crippen molar-refractivity contribution in [2.24, 2.45) is 22.5 Å². The van der Waals surface area contributed by atoms with E-state index in [9.17, 15) is 0 Å². The van der Waals surface area contributed by atoms with Gasteiger partial charge < -0.3 is 11.1 Å². The van der Waals surface area contributed by atoms with Crippen LogP contribution in [0.2, 0.25) is 0 Å². The molecule has 2 heteroatoms. The lowest BCUT2D eigenvalue weighted by molar-refractivity contribution is -0.0613. The fourth-order valence-electron chi connectivity index (χ4n) is 3.83. The summed E-state index contributed by atoms with van der Waals surface area (Å²) >= 11 is 0. The van der Waals surface area contributed by atoms with Crippen LogP contribution in [-0.4, -0.2) is 19.6 Å². The van der Waals surface area contributed by atoms with Crippen molar-refractivity contribution in [1.29, 1.82) is 0 Å². The van der Waals surface area contributed by atoms with Gasteiger partial charge in [0.15, 0.2) is 0 Å². The predicted octanol–water partition coefficient (Wildman–Crippen LogP) is 1.75. The van der Waals surface area contributed by atoms with E-state index < -0.39 is 0 Å². The molecular formula is C12H24N2. The molecule has 1 aliphatic heterocycles. The molecule has 0 bridgehead atoms. The Morgan fingerprint density at radius 2 is 2.07 bits per heavy atom. The van der Waals surface area contributed by atoms with Gasteiger partial charge >= 0.3 is 0 Å². The Balaban J connectivity index is 1.99. The molecule has 0 radical (unpaired) electrons. The van der Waals surface area contributed by atoms with Gasteiger partial charge in [-0.3, -0.25) is 0 Å². The van der Waals surface area contributed by atoms with E-state index in [4.69, 9.17) is 5.73 Å². The Labute approximate surface area is 87.6 Å². The summed E-state index contributed by atoms with van der Waals surface area (Å²) in [6.07, 6.45) is 5.40. The highest BCUT2D eigenvalue weighted by atomic mass is 14.9. The third kappa shape index (κ3) is 1.70. The molecule has 14 heavy (non-hydrogen) atoms. The topological polar surface area (TPSA) is 38.0 Å². The number of hydrogen-bond acceptors (Lipinski definition) is 2. The van der Waals surface area contributed by atoms with E-state index in [1.165, 1.54) is 38.8 Å². The van der Waals surface area contributed by atoms with Crippen LogP contribution in [0.5, 0.6) is 0 Å². The molecule has 0 aromatic carbocycles. The van der Waals surface area contributed by atoms with Gasteiger partial charge in [-0.1, -0.05) is 13.8 Å². The zero-order valence-corrected chi connectivity index (χ0v) is 9.60. The van der Waals surface area contributed by atoms with Crippen molar-refractivity contribution in [3.8, 4) is 0 Å². The maximum Gasteiger partial charge on any atom is -0.00147 e. The van der Waals surface area contributed by atoms with Crippen LogP contribution < -0.4 is 11.1 Å². The summed E-state index contributed by atoms with van der Waals surface area (Å²) in [5, 5.41) is 3.51. The highest BCUT2D eigenvalue weighted by molar-refractivity contribution is 5.04. The van der Waals surface area contributed by atoms with Crippen molar-refractivity contribution in [3.05, 3.63) is 0 Å². The second kappa shape index (κ2) is 3.49. The second-order valence-corrected chi connectivity index (χ2v) is 6.13. The molecule has 2 fully saturated rings. The molecule has 2 nitrogen and oxygen atoms in total. The summed E-state index contributed by atoms with van der Waals surface area (Å²) in [6.45, 7) is 8.05. The Kier molecular flexibility index (Phi) is 2.61. The maximum atomic E-state index is 5.99. The largest absolute Gasteiger partial charge is 0.330 e. The van der Waals surface area contributed by atoms with Crippen molar-refractivity contribution in [2.45, 2.75) is 39.5 Å². The third-order valence-corrected chi connectivity index (χ3v) is 4.23. The summed E-state index contributed by atoms with van der Waals surface area (Å²) in [4.78, 5) is 0. The summed E-state index contributed by atoms with van der Waals surface area (Å²) < 4.78 is 0. The smallest absolute Gasteiger partial charge is 0.00147 e. The summed E-state index contributed by atoms with van der Waals surface area (Å²) in [6, 6.07) is 0. The van der Waals surface area contributed by atoms with Gasteiger partial charge in [0.25, 0.3) is 0 Å². The molecule has 82 valence electrons. The Hall–Kier alpha value is -0.0800. The lowest BCUT2D eigenvalue weighted by atomic mass is 9.49. The van der Waals surface area contributed by atoms with E-state index in [0.29, 0.717) is 10.8 Å². The Bertz CT molecular complexity index is 196. The van der Waals surface area contributed by atoms with Gasteiger partial charge in [0, 0.05) is 0 Å². The molecule has 0 spiro atoms. The molecule has 2 rings (SSSR count). The average molecular weight is 196 g/mol. The molecule has 1 heterocycles. The Morgan fingerprint density at radius 1 is 1.36 bits per heavy atom. The quantitative estimate of drug-likeness (QED) is 0.706. The second-order valence-electron chi connectivity index (χ2n) is 6.13. The van der Waals surface area contributed by atoms with E-state index in [1.54, 1.807) is 0 Å². The molecule has 1 atom stereocenters. The first-order valence-corrected chi connectivity index (χ1v) is 5.99. The van der Waals surface area contributed by atoms with Gasteiger partial charge in [-0.05, 0) is 62.1 Å². The van der Waals surface area contributed by atoms with Crippen LogP contribution in [0.3, 0.4) is 0 Å². The van der Waals surface area contributed by atoms with Crippen molar-refractivity contribution in [3.63, 3.8) is 0 Å². The molecule has 3 N–H and O–H groups in total. The fourth-order valence-corrected chi connectivity index (χ4v) is 3.83. The van der Waals surface area contributed by atoms with Crippen molar-refractivity contribution in [1.82, 2.24) is 5.32 Å². The summed E-state index contributed by atoms with van der Waals surface area (Å²) in [7, 11) is 0. The normalized spacial score (nSPS) is 34.9. The van der Waals surface area contributed by atoms with E-state index in [1.807, 2.05) is 0 Å². The number of nitrogens with one attached hydrogen (secondary N) is 1. The van der Waals surface area contributed by atoms with Gasteiger partial charge in [0.05, 0.1) is 0 Å². The maximum absolute atomic E-state index is 5.99. The zero-order chi connectivity index (χ0) is 10.2. The molecule has 1 unspecified atom stereocenters. The molecule has 0 aromatic rings. The summed E-state index contributed by atoms with van der Waals surface area (Å²) in [5.74, 6) is 0.842. The van der Waals surface area contributed by atoms with Gasteiger partial charge in [0.2, 0.25) is 0 Å². The molecule has 0 amide bonds. The lowest BCUT2D eigenvalue weighted by Crippen LogP contribution is -2.55. The van der Waals surface area contributed by atoms with Crippen LogP contribution in [0.25, 0.3) is 0 Å². The average Bonchev–Trinajstić information content (AvgIpc) is 2.15. The Morgan fingerprint density at radius 3 is 2.50 bits per heavy atom. The van der Waals surface area contributed by atoms with Gasteiger partial charge in [-0.25, -0.2) is 0 Å². The molecule has 1 aliphatic carbocycles. The molecule has 0 aromatic heterocycles. The molecule has 1 saturated carbocycles. The number of hydrogen-bond donors (Lipinski definition) is 2. The predicted molar refractivity (Wildman–Crippen MR) is 60.1 cm³/mol. The van der Waals surface area contributed by atoms with E-state index in [0.717, 1.165) is 12.5 Å². The zero-order valence-electron chi connectivity index (χ0n) is 9.60. The molecule has 2 aliphatic rings. The lowest BCUT2D eigenvalue weighted by Gasteiger charge is -2.58. The van der Waals surface area contributed by atoms with Crippen molar-refractivity contribution >= 4 is 0 Å². The standard InChI is InChI=1S/C12H24N2/c1-11(2)7-12(8-11,9-13)10-4-3-5-14-6-10/h10,14H,3-9,13H2,1-2H3. The van der Waals surface area contributed by atoms with Crippen molar-refractivity contribution in [2.75, 3.05) is 19.6 Å². The first-order valence-electron chi connectivity index (χ1n) is 5.99. The van der Waals surface area contributed by atoms with Crippen molar-refractivity contribution < 1.29 is 0 Å². The molecule has 1 saturated heterocycles. The van der Waals surface area contributed by atoms with Gasteiger partial charge in [-0.2, -0.15) is 0 Å². The number of nitrogens with two attached hydrogens (primary N) is 1. The van der Waals surface area contributed by atoms with Crippen LogP contribution in [0.1, 0.15) is 39.5 Å². The number of rotatable bonds is 2. The highest BCUT2D eigenvalue weighted by Crippen LogP contribution is 2.58. The minimum Gasteiger partial charge on any atom is -0.330 e. The third-order valence-electron chi connectivity index (χ3n) is 4.23. The minimum atomic E-state index is 0.483. The number of piperidine rings is 1. The van der Waals surface area contributed by atoms with Crippen LogP contribution in [0.4, 0.5) is 0 Å². The SMILES string of the molecule is CC1(C)CC(CN)(C2CCCNC2)C1. The first kappa shape index (κ1) is 10.4. The van der Waals surface area contributed by atoms with Gasteiger partial charge in [0.1, 0.15) is 0 Å². The first-order chi connectivity index (χ1) is 6.58. The van der Waals surface area contributed by atoms with Crippen LogP contribution in [0, 0.1) is 16.7 Å². The van der Waals surface area contributed by atoms with E-state index in [2.05, 4.69) is 19.2 Å². The fraction of sp³-hybridized carbons (Fsp3) is 1.00. The minimum absolute atomic E-state index is 0.483. The highest BCUT2D eigenvalue weighted by Gasteiger charge is 2.52. The molecular weight excluding hydrogens is 172 g/mol. The monoisotopic (exact) mass is 196 g/mol. The van der Waals surface area contributed by atoms with Gasteiger partial charge in [-0.15, -0.1) is 0 Å². The van der Waals surface area contributed by atoms with E-state index >= 15 is 0 Å².